The highest BCUT2D eigenvalue weighted by atomic mass is 16.5. The van der Waals surface area contributed by atoms with E-state index in [1.807, 2.05) is 12.1 Å². The van der Waals surface area contributed by atoms with Gasteiger partial charge in [-0.05, 0) is 69.2 Å². The number of carboxylic acids is 1. The highest BCUT2D eigenvalue weighted by Gasteiger charge is 2.44. The number of anilines is 1. The zero-order valence-corrected chi connectivity index (χ0v) is 22.5. The van der Waals surface area contributed by atoms with Crippen LogP contribution in [0.5, 0.6) is 5.75 Å². The van der Waals surface area contributed by atoms with Crippen molar-refractivity contribution in [2.45, 2.75) is 51.2 Å². The molecule has 2 fully saturated rings. The minimum absolute atomic E-state index is 0.0738. The first-order chi connectivity index (χ1) is 19.1. The van der Waals surface area contributed by atoms with Crippen molar-refractivity contribution in [1.29, 1.82) is 0 Å². The Morgan fingerprint density at radius 2 is 1.65 bits per heavy atom. The van der Waals surface area contributed by atoms with Crippen molar-refractivity contribution in [3.63, 3.8) is 0 Å². The molecule has 0 bridgehead atoms. The topological polar surface area (TPSA) is 137 Å². The zero-order valence-electron chi connectivity index (χ0n) is 22.5. The fraction of sp³-hybridized carbons (Fsp3) is 0.414. The van der Waals surface area contributed by atoms with Crippen LogP contribution >= 0.6 is 0 Å². The predicted molar refractivity (Wildman–Crippen MR) is 144 cm³/mol. The number of ether oxygens (including phenoxy) is 1. The summed E-state index contributed by atoms with van der Waals surface area (Å²) in [6, 6.07) is 11.3. The van der Waals surface area contributed by atoms with Crippen LogP contribution < -0.4 is 15.0 Å². The lowest BCUT2D eigenvalue weighted by Gasteiger charge is -2.45. The maximum Gasteiger partial charge on any atom is 0.335 e. The number of piperazine rings is 1. The van der Waals surface area contributed by atoms with Crippen LogP contribution in [0.3, 0.4) is 0 Å². The molecule has 2 N–H and O–H groups in total. The minimum Gasteiger partial charge on any atom is -0.494 e. The van der Waals surface area contributed by atoms with E-state index in [0.717, 1.165) is 36.6 Å². The van der Waals surface area contributed by atoms with Crippen LogP contribution in [-0.4, -0.2) is 88.9 Å². The summed E-state index contributed by atoms with van der Waals surface area (Å²) in [5.41, 5.74) is 1.70. The molecule has 40 heavy (non-hydrogen) atoms. The molecule has 0 aliphatic carbocycles. The van der Waals surface area contributed by atoms with Gasteiger partial charge in [0.2, 0.25) is 11.8 Å². The number of amides is 4. The van der Waals surface area contributed by atoms with E-state index in [1.54, 1.807) is 30.3 Å². The molecule has 2 aromatic carbocycles. The summed E-state index contributed by atoms with van der Waals surface area (Å²) < 4.78 is 5.92. The van der Waals surface area contributed by atoms with E-state index in [-0.39, 0.29) is 41.6 Å². The van der Waals surface area contributed by atoms with E-state index in [9.17, 15) is 24.0 Å². The van der Waals surface area contributed by atoms with Crippen LogP contribution in [-0.2, 0) is 9.59 Å². The van der Waals surface area contributed by atoms with Crippen LogP contribution in [0.25, 0.3) is 0 Å². The van der Waals surface area contributed by atoms with Crippen molar-refractivity contribution in [1.82, 2.24) is 15.1 Å². The van der Waals surface area contributed by atoms with Crippen LogP contribution in [0.15, 0.2) is 42.5 Å². The van der Waals surface area contributed by atoms with Gasteiger partial charge in [-0.1, -0.05) is 0 Å². The van der Waals surface area contributed by atoms with Gasteiger partial charge in [0.25, 0.3) is 11.8 Å². The summed E-state index contributed by atoms with van der Waals surface area (Å²) in [4.78, 5) is 66.4. The molecule has 2 aromatic rings. The first-order valence-electron chi connectivity index (χ1n) is 13.5. The molecule has 3 aliphatic heterocycles. The van der Waals surface area contributed by atoms with Crippen LogP contribution in [0.1, 0.15) is 64.2 Å². The Morgan fingerprint density at radius 1 is 0.975 bits per heavy atom. The first kappa shape index (κ1) is 27.3. The van der Waals surface area contributed by atoms with Gasteiger partial charge in [-0.15, -0.1) is 0 Å². The zero-order chi connectivity index (χ0) is 28.6. The number of fused-ring (bicyclic) bond motifs is 1. The molecular weight excluding hydrogens is 516 g/mol. The molecule has 3 heterocycles. The van der Waals surface area contributed by atoms with Gasteiger partial charge >= 0.3 is 5.97 Å². The summed E-state index contributed by atoms with van der Waals surface area (Å²) in [7, 11) is 0. The Kier molecular flexibility index (Phi) is 7.57. The van der Waals surface area contributed by atoms with E-state index < -0.39 is 35.6 Å². The largest absolute Gasteiger partial charge is 0.494 e. The fourth-order valence-corrected chi connectivity index (χ4v) is 5.80. The standard InChI is InChI=1S/C29H32N4O7/c1-17-15-31(20-6-4-19(5-7-20)29(38)39)16-18(2)32(17)12-3-13-40-21-8-9-22-23(14-21)28(37)33(27(22)36)24-10-11-25(34)30-26(24)35/h4-9,14,17-18,24H,3,10-13,15-16H2,1-2H3,(H,38,39)(H,30,34,35)/t17-,18+,24?. The maximum absolute atomic E-state index is 13.0. The molecule has 11 heteroatoms. The molecule has 2 saturated heterocycles. The van der Waals surface area contributed by atoms with Gasteiger partial charge in [-0.2, -0.15) is 0 Å². The van der Waals surface area contributed by atoms with E-state index in [4.69, 9.17) is 9.84 Å². The Hall–Kier alpha value is -4.25. The van der Waals surface area contributed by atoms with E-state index in [0.29, 0.717) is 12.4 Å². The molecule has 0 saturated carbocycles. The predicted octanol–water partition coefficient (Wildman–Crippen LogP) is 2.15. The number of nitrogens with zero attached hydrogens (tertiary/aromatic N) is 3. The number of carbonyl (C=O) groups is 5. The molecule has 210 valence electrons. The average Bonchev–Trinajstić information content (AvgIpc) is 3.16. The Morgan fingerprint density at radius 3 is 2.30 bits per heavy atom. The monoisotopic (exact) mass is 548 g/mol. The smallest absolute Gasteiger partial charge is 0.335 e. The maximum atomic E-state index is 13.0. The van der Waals surface area contributed by atoms with Crippen molar-refractivity contribution in [3.05, 3.63) is 59.2 Å². The Balaban J connectivity index is 1.13. The lowest BCUT2D eigenvalue weighted by Crippen LogP contribution is -2.57. The molecule has 4 amide bonds. The van der Waals surface area contributed by atoms with Gasteiger partial charge in [0.05, 0.1) is 23.3 Å². The van der Waals surface area contributed by atoms with Crippen molar-refractivity contribution in [2.75, 3.05) is 31.1 Å². The summed E-state index contributed by atoms with van der Waals surface area (Å²) in [5, 5.41) is 11.3. The van der Waals surface area contributed by atoms with Crippen molar-refractivity contribution >= 4 is 35.3 Å². The average molecular weight is 549 g/mol. The molecule has 0 radical (unpaired) electrons. The second-order valence-corrected chi connectivity index (χ2v) is 10.5. The number of hydrogen-bond acceptors (Lipinski definition) is 8. The number of imide groups is 2. The van der Waals surface area contributed by atoms with Crippen molar-refractivity contribution < 1.29 is 33.8 Å². The van der Waals surface area contributed by atoms with Gasteiger partial charge < -0.3 is 14.7 Å². The fourth-order valence-electron chi connectivity index (χ4n) is 5.80. The lowest BCUT2D eigenvalue weighted by molar-refractivity contribution is -0.136. The second-order valence-electron chi connectivity index (χ2n) is 10.5. The highest BCUT2D eigenvalue weighted by molar-refractivity contribution is 6.23. The number of rotatable bonds is 8. The number of benzene rings is 2. The molecule has 0 aromatic heterocycles. The normalized spacial score (nSPS) is 23.3. The molecule has 0 spiro atoms. The Bertz CT molecular complexity index is 1350. The first-order valence-corrected chi connectivity index (χ1v) is 13.5. The molecule has 3 atom stereocenters. The third kappa shape index (κ3) is 5.29. The summed E-state index contributed by atoms with van der Waals surface area (Å²) in [6.45, 7) is 7.23. The van der Waals surface area contributed by atoms with Gasteiger partial charge in [0.15, 0.2) is 0 Å². The quantitative estimate of drug-likeness (QED) is 0.376. The number of hydrogen-bond donors (Lipinski definition) is 2. The number of carboxylic acid groups (broad SMARTS) is 1. The summed E-state index contributed by atoms with van der Waals surface area (Å²) >= 11 is 0. The molecule has 1 unspecified atom stereocenters. The van der Waals surface area contributed by atoms with Gasteiger partial charge in [0, 0.05) is 43.8 Å². The summed E-state index contributed by atoms with van der Waals surface area (Å²) in [5.74, 6) is -2.61. The number of carbonyl (C=O) groups excluding carboxylic acids is 4. The van der Waals surface area contributed by atoms with Crippen LogP contribution in [0.2, 0.25) is 0 Å². The number of piperidine rings is 1. The third-order valence-electron chi connectivity index (χ3n) is 7.82. The van der Waals surface area contributed by atoms with Gasteiger partial charge in [-0.3, -0.25) is 34.3 Å². The van der Waals surface area contributed by atoms with Gasteiger partial charge in [-0.25, -0.2) is 4.79 Å². The highest BCUT2D eigenvalue weighted by Crippen LogP contribution is 2.30. The van der Waals surface area contributed by atoms with Gasteiger partial charge in [0.1, 0.15) is 11.8 Å². The number of nitrogens with one attached hydrogen (secondary N) is 1. The second kappa shape index (κ2) is 11.1. The molecular formula is C29H32N4O7. The molecule has 3 aliphatic rings. The minimum atomic E-state index is -0.997. The van der Waals surface area contributed by atoms with E-state index in [2.05, 4.69) is 29.0 Å². The summed E-state index contributed by atoms with van der Waals surface area (Å²) in [6.07, 6.45) is 0.945. The SMILES string of the molecule is C[C@@H]1CN(c2ccc(C(=O)O)cc2)C[C@H](C)N1CCCOc1ccc2c(c1)C(=O)N(C1CCC(=O)NC1=O)C2=O. The third-order valence-corrected chi connectivity index (χ3v) is 7.82. The number of aromatic carboxylic acids is 1. The van der Waals surface area contributed by atoms with E-state index >= 15 is 0 Å². The Labute approximate surface area is 231 Å². The van der Waals surface area contributed by atoms with Crippen molar-refractivity contribution in [3.8, 4) is 5.75 Å². The van der Waals surface area contributed by atoms with Crippen LogP contribution in [0.4, 0.5) is 5.69 Å². The van der Waals surface area contributed by atoms with Crippen LogP contribution in [0, 0.1) is 0 Å². The molecule has 11 nitrogen and oxygen atoms in total. The van der Waals surface area contributed by atoms with E-state index in [1.165, 1.54) is 0 Å². The molecule has 5 rings (SSSR count). The lowest BCUT2D eigenvalue weighted by atomic mass is 10.0. The van der Waals surface area contributed by atoms with Crippen molar-refractivity contribution in [2.24, 2.45) is 0 Å².